The predicted octanol–water partition coefficient (Wildman–Crippen LogP) is 2.58. The van der Waals surface area contributed by atoms with Gasteiger partial charge < -0.3 is 19.9 Å². The van der Waals surface area contributed by atoms with Crippen molar-refractivity contribution >= 4 is 28.2 Å². The first-order valence-corrected chi connectivity index (χ1v) is 8.64. The standard InChI is InChI=1S/C19H21N5O2/c1-12-3-6-20-15(9-12)22-16-10-13-4-7-24(2)19(25)17(13)18(23-16)21-14-5-8-26-11-14/h3-4,6-7,9-10,14H,5,8,11H2,1-2H3,(H2,20,21,22,23)/t14-/m0/s1. The van der Waals surface area contributed by atoms with Gasteiger partial charge in [0.05, 0.1) is 18.0 Å². The summed E-state index contributed by atoms with van der Waals surface area (Å²) in [5.74, 6) is 1.94. The van der Waals surface area contributed by atoms with Crippen LogP contribution in [0.1, 0.15) is 12.0 Å². The highest BCUT2D eigenvalue weighted by atomic mass is 16.5. The van der Waals surface area contributed by atoms with E-state index in [2.05, 4.69) is 20.6 Å². The first-order valence-electron chi connectivity index (χ1n) is 8.64. The van der Waals surface area contributed by atoms with E-state index in [0.717, 1.165) is 29.8 Å². The molecule has 0 spiro atoms. The zero-order valence-corrected chi connectivity index (χ0v) is 14.8. The third kappa shape index (κ3) is 3.25. The topological polar surface area (TPSA) is 81.1 Å². The van der Waals surface area contributed by atoms with Gasteiger partial charge in [0, 0.05) is 26.0 Å². The Bertz CT molecular complexity index is 1010. The molecule has 1 aliphatic rings. The molecule has 3 aromatic rings. The lowest BCUT2D eigenvalue weighted by atomic mass is 10.1. The molecule has 1 fully saturated rings. The number of pyridine rings is 3. The minimum Gasteiger partial charge on any atom is -0.379 e. The van der Waals surface area contributed by atoms with Gasteiger partial charge in [-0.3, -0.25) is 4.79 Å². The average molecular weight is 351 g/mol. The van der Waals surface area contributed by atoms with Gasteiger partial charge in [0.2, 0.25) is 0 Å². The SMILES string of the molecule is Cc1ccnc(Nc2cc3ccn(C)c(=O)c3c(N[C@H]3CCOC3)n2)c1. The monoisotopic (exact) mass is 351 g/mol. The van der Waals surface area contributed by atoms with Gasteiger partial charge in [0.25, 0.3) is 5.56 Å². The van der Waals surface area contributed by atoms with Gasteiger partial charge in [-0.1, -0.05) is 0 Å². The van der Waals surface area contributed by atoms with Crippen LogP contribution in [0.2, 0.25) is 0 Å². The van der Waals surface area contributed by atoms with Gasteiger partial charge in [-0.25, -0.2) is 9.97 Å². The molecule has 1 atom stereocenters. The summed E-state index contributed by atoms with van der Waals surface area (Å²) < 4.78 is 7.00. The maximum atomic E-state index is 12.7. The molecule has 4 heterocycles. The number of nitrogens with zero attached hydrogens (tertiary/aromatic N) is 3. The Morgan fingerprint density at radius 1 is 1.27 bits per heavy atom. The molecular weight excluding hydrogens is 330 g/mol. The number of nitrogens with one attached hydrogen (secondary N) is 2. The van der Waals surface area contributed by atoms with E-state index in [9.17, 15) is 4.79 Å². The lowest BCUT2D eigenvalue weighted by Gasteiger charge is -2.16. The molecule has 0 aliphatic carbocycles. The van der Waals surface area contributed by atoms with Crippen LogP contribution in [-0.2, 0) is 11.8 Å². The molecular formula is C19H21N5O2. The highest BCUT2D eigenvalue weighted by Crippen LogP contribution is 2.25. The smallest absolute Gasteiger partial charge is 0.261 e. The van der Waals surface area contributed by atoms with Crippen LogP contribution in [0.5, 0.6) is 0 Å². The second-order valence-corrected chi connectivity index (χ2v) is 6.60. The molecule has 0 bridgehead atoms. The Morgan fingerprint density at radius 2 is 2.15 bits per heavy atom. The lowest BCUT2D eigenvalue weighted by molar-refractivity contribution is 0.195. The normalized spacial score (nSPS) is 16.8. The third-order valence-electron chi connectivity index (χ3n) is 4.50. The Labute approximate surface area is 151 Å². The summed E-state index contributed by atoms with van der Waals surface area (Å²) in [5.41, 5.74) is 1.04. The molecule has 0 saturated carbocycles. The molecule has 7 nitrogen and oxygen atoms in total. The van der Waals surface area contributed by atoms with E-state index in [-0.39, 0.29) is 11.6 Å². The zero-order chi connectivity index (χ0) is 18.1. The molecule has 0 amide bonds. The number of fused-ring (bicyclic) bond motifs is 1. The predicted molar refractivity (Wildman–Crippen MR) is 102 cm³/mol. The van der Waals surface area contributed by atoms with Crippen molar-refractivity contribution in [1.29, 1.82) is 0 Å². The van der Waals surface area contributed by atoms with Crippen LogP contribution >= 0.6 is 0 Å². The highest BCUT2D eigenvalue weighted by Gasteiger charge is 2.19. The molecule has 3 aromatic heterocycles. The Morgan fingerprint density at radius 3 is 2.92 bits per heavy atom. The first-order chi connectivity index (χ1) is 12.6. The van der Waals surface area contributed by atoms with Crippen molar-refractivity contribution < 1.29 is 4.74 Å². The second-order valence-electron chi connectivity index (χ2n) is 6.60. The van der Waals surface area contributed by atoms with Crippen LogP contribution in [0.25, 0.3) is 10.8 Å². The zero-order valence-electron chi connectivity index (χ0n) is 14.8. The van der Waals surface area contributed by atoms with Crippen LogP contribution < -0.4 is 16.2 Å². The van der Waals surface area contributed by atoms with Crippen molar-refractivity contribution in [2.24, 2.45) is 7.05 Å². The highest BCUT2D eigenvalue weighted by molar-refractivity contribution is 5.93. The third-order valence-corrected chi connectivity index (χ3v) is 4.50. The molecule has 0 unspecified atom stereocenters. The number of hydrogen-bond acceptors (Lipinski definition) is 6. The fraction of sp³-hybridized carbons (Fsp3) is 0.316. The Kier molecular flexibility index (Phi) is 4.30. The average Bonchev–Trinajstić information content (AvgIpc) is 3.11. The number of aromatic nitrogens is 3. The van der Waals surface area contributed by atoms with Gasteiger partial charge in [0.15, 0.2) is 0 Å². The molecule has 4 rings (SSSR count). The second kappa shape index (κ2) is 6.76. The van der Waals surface area contributed by atoms with E-state index in [1.54, 1.807) is 24.0 Å². The van der Waals surface area contributed by atoms with E-state index in [0.29, 0.717) is 23.6 Å². The summed E-state index contributed by atoms with van der Waals surface area (Å²) >= 11 is 0. The minimum atomic E-state index is -0.0726. The van der Waals surface area contributed by atoms with Crippen molar-refractivity contribution in [3.05, 3.63) is 52.6 Å². The van der Waals surface area contributed by atoms with Crippen LogP contribution in [0.4, 0.5) is 17.5 Å². The van der Waals surface area contributed by atoms with Crippen LogP contribution in [0, 0.1) is 6.92 Å². The number of anilines is 3. The summed E-state index contributed by atoms with van der Waals surface area (Å²) in [7, 11) is 1.74. The van der Waals surface area contributed by atoms with Crippen molar-refractivity contribution in [3.63, 3.8) is 0 Å². The number of ether oxygens (including phenoxy) is 1. The molecule has 0 radical (unpaired) electrons. The first kappa shape index (κ1) is 16.5. The van der Waals surface area contributed by atoms with Crippen LogP contribution in [-0.4, -0.2) is 33.8 Å². The van der Waals surface area contributed by atoms with E-state index < -0.39 is 0 Å². The molecule has 1 saturated heterocycles. The quantitative estimate of drug-likeness (QED) is 0.752. The maximum Gasteiger partial charge on any atom is 0.261 e. The van der Waals surface area contributed by atoms with Crippen molar-refractivity contribution in [3.8, 4) is 0 Å². The minimum absolute atomic E-state index is 0.0726. The van der Waals surface area contributed by atoms with Crippen molar-refractivity contribution in [2.45, 2.75) is 19.4 Å². The van der Waals surface area contributed by atoms with E-state index in [1.807, 2.05) is 31.2 Å². The number of rotatable bonds is 4. The van der Waals surface area contributed by atoms with Crippen LogP contribution in [0.15, 0.2) is 41.5 Å². The van der Waals surface area contributed by atoms with Crippen molar-refractivity contribution in [2.75, 3.05) is 23.8 Å². The summed E-state index contributed by atoms with van der Waals surface area (Å²) in [4.78, 5) is 21.6. The van der Waals surface area contributed by atoms with Crippen LogP contribution in [0.3, 0.4) is 0 Å². The van der Waals surface area contributed by atoms with E-state index in [4.69, 9.17) is 4.74 Å². The van der Waals surface area contributed by atoms with Gasteiger partial charge in [-0.2, -0.15) is 0 Å². The van der Waals surface area contributed by atoms with E-state index >= 15 is 0 Å². The molecule has 7 heteroatoms. The Balaban J connectivity index is 1.79. The fourth-order valence-electron chi connectivity index (χ4n) is 3.10. The summed E-state index contributed by atoms with van der Waals surface area (Å²) in [6.07, 6.45) is 4.42. The molecule has 1 aliphatic heterocycles. The van der Waals surface area contributed by atoms with Crippen molar-refractivity contribution in [1.82, 2.24) is 14.5 Å². The van der Waals surface area contributed by atoms with Gasteiger partial charge in [-0.05, 0) is 48.6 Å². The van der Waals surface area contributed by atoms with Gasteiger partial charge in [-0.15, -0.1) is 0 Å². The Hall–Kier alpha value is -2.93. The lowest BCUT2D eigenvalue weighted by Crippen LogP contribution is -2.23. The fourth-order valence-corrected chi connectivity index (χ4v) is 3.10. The maximum absolute atomic E-state index is 12.7. The summed E-state index contributed by atoms with van der Waals surface area (Å²) in [6, 6.07) is 7.84. The number of aryl methyl sites for hydroxylation is 2. The summed E-state index contributed by atoms with van der Waals surface area (Å²) in [6.45, 7) is 3.35. The number of hydrogen-bond donors (Lipinski definition) is 2. The molecule has 26 heavy (non-hydrogen) atoms. The molecule has 2 N–H and O–H groups in total. The van der Waals surface area contributed by atoms with Gasteiger partial charge >= 0.3 is 0 Å². The molecule has 0 aromatic carbocycles. The van der Waals surface area contributed by atoms with E-state index in [1.165, 1.54) is 0 Å². The largest absolute Gasteiger partial charge is 0.379 e. The summed E-state index contributed by atoms with van der Waals surface area (Å²) in [5, 5.41) is 8.03. The molecule has 134 valence electrons. The van der Waals surface area contributed by atoms with Gasteiger partial charge in [0.1, 0.15) is 17.5 Å².